The first-order valence-electron chi connectivity index (χ1n) is 4.84. The summed E-state index contributed by atoms with van der Waals surface area (Å²) in [7, 11) is 0. The Hall–Kier alpha value is -1.88. The number of nitrogens with zero attached hydrogens (tertiary/aromatic N) is 1. The van der Waals surface area contributed by atoms with Crippen LogP contribution in [0.25, 0.3) is 0 Å². The quantitative estimate of drug-likeness (QED) is 0.620. The molecule has 0 bridgehead atoms. The molecule has 0 aliphatic heterocycles. The van der Waals surface area contributed by atoms with E-state index in [1.807, 2.05) is 0 Å². The number of benzene rings is 1. The van der Waals surface area contributed by atoms with Crippen molar-refractivity contribution in [2.45, 2.75) is 6.92 Å². The Labute approximate surface area is 101 Å². The van der Waals surface area contributed by atoms with Crippen molar-refractivity contribution in [3.8, 4) is 0 Å². The number of aryl methyl sites for hydroxylation is 1. The van der Waals surface area contributed by atoms with Gasteiger partial charge in [0.15, 0.2) is 5.01 Å². The molecule has 2 aromatic rings. The van der Waals surface area contributed by atoms with E-state index in [0.29, 0.717) is 5.69 Å². The van der Waals surface area contributed by atoms with Crippen molar-refractivity contribution >= 4 is 22.9 Å². The number of carbonyl (C=O) groups is 2. The third kappa shape index (κ3) is 2.45. The van der Waals surface area contributed by atoms with Crippen LogP contribution in [0.3, 0.4) is 0 Å². The van der Waals surface area contributed by atoms with Crippen LogP contribution in [0.15, 0.2) is 29.6 Å². The van der Waals surface area contributed by atoms with Gasteiger partial charge < -0.3 is 0 Å². The van der Waals surface area contributed by atoms with Gasteiger partial charge in [-0.15, -0.1) is 11.3 Å². The fraction of sp³-hybridized carbons (Fsp3) is 0.0833. The topological polar surface area (TPSA) is 47.0 Å². The third-order valence-electron chi connectivity index (χ3n) is 2.13. The summed E-state index contributed by atoms with van der Waals surface area (Å²) < 4.78 is 12.7. The lowest BCUT2D eigenvalue weighted by molar-refractivity contribution is 0.0816. The van der Waals surface area contributed by atoms with E-state index in [2.05, 4.69) is 4.98 Å². The van der Waals surface area contributed by atoms with Crippen LogP contribution in [0, 0.1) is 12.7 Å². The van der Waals surface area contributed by atoms with Crippen molar-refractivity contribution in [2.75, 3.05) is 0 Å². The third-order valence-corrected chi connectivity index (χ3v) is 3.08. The molecule has 0 saturated heterocycles. The number of halogens is 1. The Bertz CT molecular complexity index is 574. The predicted octanol–water partition coefficient (Wildman–Crippen LogP) is 2.66. The molecule has 1 heterocycles. The SMILES string of the molecule is Cc1csc(C(=O)C(=O)c2ccc(F)cc2)n1. The largest absolute Gasteiger partial charge is 0.285 e. The van der Waals surface area contributed by atoms with Gasteiger partial charge in [-0.3, -0.25) is 9.59 Å². The fourth-order valence-corrected chi connectivity index (χ4v) is 2.02. The van der Waals surface area contributed by atoms with Gasteiger partial charge >= 0.3 is 0 Å². The number of aromatic nitrogens is 1. The highest BCUT2D eigenvalue weighted by atomic mass is 32.1. The molecule has 0 saturated carbocycles. The standard InChI is InChI=1S/C12H8FNO2S/c1-7-6-17-12(14-7)11(16)10(15)8-2-4-9(13)5-3-8/h2-6H,1H3. The molecule has 86 valence electrons. The zero-order valence-corrected chi connectivity index (χ0v) is 9.75. The fourth-order valence-electron chi connectivity index (χ4n) is 1.29. The highest BCUT2D eigenvalue weighted by Crippen LogP contribution is 2.13. The summed E-state index contributed by atoms with van der Waals surface area (Å²) in [4.78, 5) is 27.5. The second kappa shape index (κ2) is 4.55. The van der Waals surface area contributed by atoms with Crippen LogP contribution in [-0.4, -0.2) is 16.6 Å². The van der Waals surface area contributed by atoms with E-state index in [4.69, 9.17) is 0 Å². The number of hydrogen-bond donors (Lipinski definition) is 0. The molecule has 17 heavy (non-hydrogen) atoms. The van der Waals surface area contributed by atoms with Crippen LogP contribution >= 0.6 is 11.3 Å². The molecule has 0 aliphatic carbocycles. The molecule has 0 fully saturated rings. The first kappa shape index (κ1) is 11.6. The summed E-state index contributed by atoms with van der Waals surface area (Å²) in [6.45, 7) is 1.75. The Kier molecular flexibility index (Phi) is 3.10. The van der Waals surface area contributed by atoms with E-state index < -0.39 is 17.4 Å². The molecule has 0 amide bonds. The van der Waals surface area contributed by atoms with Crippen LogP contribution < -0.4 is 0 Å². The molecule has 2 rings (SSSR count). The monoisotopic (exact) mass is 249 g/mol. The zero-order valence-electron chi connectivity index (χ0n) is 8.94. The minimum atomic E-state index is -0.667. The highest BCUT2D eigenvalue weighted by Gasteiger charge is 2.20. The molecule has 3 nitrogen and oxygen atoms in total. The van der Waals surface area contributed by atoms with Gasteiger partial charge in [0.2, 0.25) is 5.78 Å². The number of ketones is 2. The molecule has 0 N–H and O–H groups in total. The van der Waals surface area contributed by atoms with Crippen molar-refractivity contribution in [3.63, 3.8) is 0 Å². The van der Waals surface area contributed by atoms with Crippen LogP contribution in [-0.2, 0) is 0 Å². The molecule has 5 heteroatoms. The van der Waals surface area contributed by atoms with E-state index in [1.54, 1.807) is 12.3 Å². The Morgan fingerprint density at radius 1 is 1.18 bits per heavy atom. The maximum Gasteiger partial charge on any atom is 0.261 e. The molecule has 1 aromatic heterocycles. The van der Waals surface area contributed by atoms with Crippen LogP contribution in [0.1, 0.15) is 25.9 Å². The molecule has 0 radical (unpaired) electrons. The summed E-state index contributed by atoms with van der Waals surface area (Å²) in [6, 6.07) is 4.87. The molecule has 0 aliphatic rings. The molecular formula is C12H8FNO2S. The second-order valence-electron chi connectivity index (χ2n) is 3.46. The summed E-state index contributed by atoms with van der Waals surface area (Å²) in [5.74, 6) is -1.77. The first-order chi connectivity index (χ1) is 8.08. The lowest BCUT2D eigenvalue weighted by Gasteiger charge is -1.97. The summed E-state index contributed by atoms with van der Waals surface area (Å²) in [5, 5.41) is 1.86. The van der Waals surface area contributed by atoms with Gasteiger partial charge in [-0.1, -0.05) is 0 Å². The minimum Gasteiger partial charge on any atom is -0.285 e. The Balaban J connectivity index is 2.26. The number of hydrogen-bond acceptors (Lipinski definition) is 4. The molecular weight excluding hydrogens is 241 g/mol. The van der Waals surface area contributed by atoms with Gasteiger partial charge in [-0.2, -0.15) is 0 Å². The van der Waals surface area contributed by atoms with Crippen molar-refractivity contribution < 1.29 is 14.0 Å². The van der Waals surface area contributed by atoms with Crippen molar-refractivity contribution in [1.82, 2.24) is 4.98 Å². The van der Waals surface area contributed by atoms with Crippen molar-refractivity contribution in [1.29, 1.82) is 0 Å². The van der Waals surface area contributed by atoms with Crippen LogP contribution in [0.4, 0.5) is 4.39 Å². The Morgan fingerprint density at radius 2 is 1.82 bits per heavy atom. The number of carbonyl (C=O) groups excluding carboxylic acids is 2. The van der Waals surface area contributed by atoms with Gasteiger partial charge in [0.25, 0.3) is 5.78 Å². The van der Waals surface area contributed by atoms with E-state index in [9.17, 15) is 14.0 Å². The maximum absolute atomic E-state index is 12.7. The first-order valence-corrected chi connectivity index (χ1v) is 5.72. The molecule has 1 aromatic carbocycles. The lowest BCUT2D eigenvalue weighted by atomic mass is 10.1. The van der Waals surface area contributed by atoms with Crippen molar-refractivity contribution in [2.24, 2.45) is 0 Å². The van der Waals surface area contributed by atoms with Gasteiger partial charge in [0.1, 0.15) is 5.82 Å². The normalized spacial score (nSPS) is 10.2. The Morgan fingerprint density at radius 3 is 2.35 bits per heavy atom. The average molecular weight is 249 g/mol. The zero-order chi connectivity index (χ0) is 12.4. The minimum absolute atomic E-state index is 0.164. The number of Topliss-reactive ketones (excluding diaryl/α,β-unsaturated/α-hetero) is 2. The van der Waals surface area contributed by atoms with Crippen LogP contribution in [0.5, 0.6) is 0 Å². The van der Waals surface area contributed by atoms with E-state index >= 15 is 0 Å². The van der Waals surface area contributed by atoms with Gasteiger partial charge in [-0.25, -0.2) is 9.37 Å². The number of thiazole rings is 1. The lowest BCUT2D eigenvalue weighted by Crippen LogP contribution is -2.14. The predicted molar refractivity (Wildman–Crippen MR) is 61.9 cm³/mol. The maximum atomic E-state index is 12.7. The summed E-state index contributed by atoms with van der Waals surface area (Å²) >= 11 is 1.13. The van der Waals surface area contributed by atoms with Gasteiger partial charge in [-0.05, 0) is 31.2 Å². The van der Waals surface area contributed by atoms with Crippen molar-refractivity contribution in [3.05, 3.63) is 51.7 Å². The van der Waals surface area contributed by atoms with Gasteiger partial charge in [0.05, 0.1) is 0 Å². The molecule has 0 spiro atoms. The average Bonchev–Trinajstić information content (AvgIpc) is 2.75. The van der Waals surface area contributed by atoms with Gasteiger partial charge in [0, 0.05) is 16.6 Å². The van der Waals surface area contributed by atoms with E-state index in [-0.39, 0.29) is 10.6 Å². The highest BCUT2D eigenvalue weighted by molar-refractivity contribution is 7.12. The summed E-state index contributed by atoms with van der Waals surface area (Å²) in [5.41, 5.74) is 0.870. The number of rotatable bonds is 3. The smallest absolute Gasteiger partial charge is 0.261 e. The second-order valence-corrected chi connectivity index (χ2v) is 4.32. The summed E-state index contributed by atoms with van der Waals surface area (Å²) in [6.07, 6.45) is 0. The van der Waals surface area contributed by atoms with Crippen LogP contribution in [0.2, 0.25) is 0 Å². The van der Waals surface area contributed by atoms with E-state index in [1.165, 1.54) is 12.1 Å². The molecule has 0 atom stereocenters. The molecule has 0 unspecified atom stereocenters. The van der Waals surface area contributed by atoms with E-state index in [0.717, 1.165) is 23.5 Å².